The lowest BCUT2D eigenvalue weighted by Gasteiger charge is -2.40. The van der Waals surface area contributed by atoms with E-state index in [1.165, 1.54) is 11.3 Å². The highest BCUT2D eigenvalue weighted by molar-refractivity contribution is 5.61. The van der Waals surface area contributed by atoms with Crippen LogP contribution in [0.15, 0.2) is 24.5 Å². The quantitative estimate of drug-likeness (QED) is 0.835. The lowest BCUT2D eigenvalue weighted by Crippen LogP contribution is -2.53. The van der Waals surface area contributed by atoms with Gasteiger partial charge in [0.1, 0.15) is 11.4 Å². The summed E-state index contributed by atoms with van der Waals surface area (Å²) in [5.74, 6) is 1.91. The second kappa shape index (κ2) is 6.04. The Morgan fingerprint density at radius 1 is 1.08 bits per heavy atom. The predicted molar refractivity (Wildman–Crippen MR) is 93.6 cm³/mol. The Morgan fingerprint density at radius 3 is 2.84 bits per heavy atom. The molecule has 2 aliphatic heterocycles. The number of morpholine rings is 1. The maximum absolute atomic E-state index is 6.09. The first-order valence-electron chi connectivity index (χ1n) is 9.10. The number of hydrogen-bond donors (Lipinski definition) is 0. The molecule has 6 heteroatoms. The van der Waals surface area contributed by atoms with Crippen molar-refractivity contribution in [1.82, 2.24) is 15.0 Å². The smallest absolute Gasteiger partial charge is 0.161 e. The van der Waals surface area contributed by atoms with Crippen LogP contribution < -0.4 is 4.90 Å². The second-order valence-electron chi connectivity index (χ2n) is 7.14. The van der Waals surface area contributed by atoms with Gasteiger partial charge in [0.2, 0.25) is 0 Å². The summed E-state index contributed by atoms with van der Waals surface area (Å²) in [6, 6.07) is 3.96. The number of pyridine rings is 1. The van der Waals surface area contributed by atoms with Crippen LogP contribution in [0.5, 0.6) is 0 Å². The molecule has 1 aliphatic carbocycles. The minimum Gasteiger partial charge on any atom is -0.378 e. The van der Waals surface area contributed by atoms with Crippen molar-refractivity contribution in [3.8, 4) is 11.4 Å². The monoisotopic (exact) mass is 338 g/mol. The number of fused-ring (bicyclic) bond motifs is 1. The Morgan fingerprint density at radius 2 is 2.00 bits per heavy atom. The second-order valence-corrected chi connectivity index (χ2v) is 7.14. The van der Waals surface area contributed by atoms with Crippen LogP contribution in [-0.4, -0.2) is 53.5 Å². The molecule has 0 radical (unpaired) electrons. The lowest BCUT2D eigenvalue weighted by atomic mass is 10.0. The van der Waals surface area contributed by atoms with Crippen LogP contribution in [0.2, 0.25) is 0 Å². The van der Waals surface area contributed by atoms with E-state index in [1.807, 2.05) is 12.1 Å². The average Bonchev–Trinajstić information content (AvgIpc) is 3.31. The van der Waals surface area contributed by atoms with Gasteiger partial charge >= 0.3 is 0 Å². The van der Waals surface area contributed by atoms with Gasteiger partial charge in [0, 0.05) is 48.8 Å². The molecule has 2 aromatic rings. The molecular formula is C19H22N4O2. The molecule has 1 atom stereocenters. The highest BCUT2D eigenvalue weighted by Crippen LogP contribution is 2.35. The Hall–Kier alpha value is -2.05. The third-order valence-corrected chi connectivity index (χ3v) is 5.46. The average molecular weight is 338 g/mol. The number of anilines is 1. The van der Waals surface area contributed by atoms with Crippen molar-refractivity contribution in [2.45, 2.75) is 31.3 Å². The molecule has 5 rings (SSSR count). The summed E-state index contributed by atoms with van der Waals surface area (Å²) in [6.45, 7) is 3.94. The molecule has 4 heterocycles. The fourth-order valence-electron chi connectivity index (χ4n) is 4.16. The molecule has 0 bridgehead atoms. The van der Waals surface area contributed by atoms with Crippen LogP contribution >= 0.6 is 0 Å². The summed E-state index contributed by atoms with van der Waals surface area (Å²) in [5, 5.41) is 0. The van der Waals surface area contributed by atoms with Crippen molar-refractivity contribution in [3.63, 3.8) is 0 Å². The lowest BCUT2D eigenvalue weighted by molar-refractivity contribution is -0.0581. The summed E-state index contributed by atoms with van der Waals surface area (Å²) < 4.78 is 11.7. The van der Waals surface area contributed by atoms with Crippen molar-refractivity contribution < 1.29 is 9.47 Å². The summed E-state index contributed by atoms with van der Waals surface area (Å²) in [7, 11) is 0. The number of rotatable bonds is 2. The topological polar surface area (TPSA) is 60.4 Å². The van der Waals surface area contributed by atoms with E-state index < -0.39 is 0 Å². The molecule has 25 heavy (non-hydrogen) atoms. The van der Waals surface area contributed by atoms with E-state index in [4.69, 9.17) is 19.4 Å². The maximum Gasteiger partial charge on any atom is 0.161 e. The van der Waals surface area contributed by atoms with Gasteiger partial charge in [0.25, 0.3) is 0 Å². The summed E-state index contributed by atoms with van der Waals surface area (Å²) >= 11 is 0. The zero-order valence-corrected chi connectivity index (χ0v) is 14.3. The number of aromatic nitrogens is 3. The molecule has 0 aromatic carbocycles. The molecule has 2 fully saturated rings. The van der Waals surface area contributed by atoms with Crippen molar-refractivity contribution in [1.29, 1.82) is 0 Å². The van der Waals surface area contributed by atoms with Gasteiger partial charge in [-0.15, -0.1) is 0 Å². The van der Waals surface area contributed by atoms with Gasteiger partial charge in [-0.25, -0.2) is 9.97 Å². The van der Waals surface area contributed by atoms with E-state index in [0.29, 0.717) is 6.61 Å². The first-order chi connectivity index (χ1) is 12.3. The fourth-order valence-corrected chi connectivity index (χ4v) is 4.16. The number of nitrogens with zero attached hydrogens (tertiary/aromatic N) is 4. The molecule has 130 valence electrons. The first-order valence-corrected chi connectivity index (χ1v) is 9.10. The van der Waals surface area contributed by atoms with Crippen LogP contribution in [0.4, 0.5) is 5.82 Å². The predicted octanol–water partition coefficient (Wildman–Crippen LogP) is 2.02. The molecule has 0 N–H and O–H groups in total. The Balaban J connectivity index is 1.55. The Labute approximate surface area is 147 Å². The highest BCUT2D eigenvalue weighted by Gasteiger charge is 2.41. The van der Waals surface area contributed by atoms with E-state index in [2.05, 4.69) is 9.88 Å². The number of ether oxygens (including phenoxy) is 2. The molecule has 1 spiro atoms. The van der Waals surface area contributed by atoms with Crippen LogP contribution in [0.3, 0.4) is 0 Å². The van der Waals surface area contributed by atoms with E-state index in [9.17, 15) is 0 Å². The van der Waals surface area contributed by atoms with Gasteiger partial charge in [-0.3, -0.25) is 4.98 Å². The van der Waals surface area contributed by atoms with Crippen molar-refractivity contribution >= 4 is 5.82 Å². The Kier molecular flexibility index (Phi) is 3.68. The van der Waals surface area contributed by atoms with Crippen LogP contribution in [0.25, 0.3) is 11.4 Å². The maximum atomic E-state index is 6.09. The van der Waals surface area contributed by atoms with Crippen LogP contribution in [0.1, 0.15) is 24.1 Å². The van der Waals surface area contributed by atoms with Gasteiger partial charge in [-0.05, 0) is 31.4 Å². The van der Waals surface area contributed by atoms with Gasteiger partial charge in [-0.2, -0.15) is 0 Å². The van der Waals surface area contributed by atoms with Crippen molar-refractivity contribution in [2.24, 2.45) is 0 Å². The summed E-state index contributed by atoms with van der Waals surface area (Å²) in [6.07, 6.45) is 7.84. The van der Waals surface area contributed by atoms with Gasteiger partial charge < -0.3 is 14.4 Å². The first kappa shape index (κ1) is 15.2. The van der Waals surface area contributed by atoms with Gasteiger partial charge in [0.05, 0.1) is 19.8 Å². The molecular weight excluding hydrogens is 316 g/mol. The third-order valence-electron chi connectivity index (χ3n) is 5.46. The molecule has 0 saturated carbocycles. The zero-order valence-electron chi connectivity index (χ0n) is 14.3. The minimum atomic E-state index is -0.161. The molecule has 6 nitrogen and oxygen atoms in total. The SMILES string of the molecule is c1cc(-c2nc3c(c(N4CCOC5(CCOC5)C4)n2)CCC3)ccn1. The zero-order chi connectivity index (χ0) is 16.7. The summed E-state index contributed by atoms with van der Waals surface area (Å²) in [5.41, 5.74) is 3.40. The molecule has 0 amide bonds. The molecule has 3 aliphatic rings. The normalized spacial score (nSPS) is 25.5. The van der Waals surface area contributed by atoms with E-state index in [0.717, 1.165) is 69.2 Å². The van der Waals surface area contributed by atoms with Crippen LogP contribution in [-0.2, 0) is 22.3 Å². The van der Waals surface area contributed by atoms with Crippen molar-refractivity contribution in [3.05, 3.63) is 35.8 Å². The molecule has 2 aromatic heterocycles. The number of aryl methyl sites for hydroxylation is 1. The van der Waals surface area contributed by atoms with E-state index >= 15 is 0 Å². The summed E-state index contributed by atoms with van der Waals surface area (Å²) in [4.78, 5) is 16.3. The Bertz CT molecular complexity index is 774. The third kappa shape index (κ3) is 2.69. The van der Waals surface area contributed by atoms with Crippen molar-refractivity contribution in [2.75, 3.05) is 37.8 Å². The molecule has 2 saturated heterocycles. The van der Waals surface area contributed by atoms with E-state index in [1.54, 1.807) is 12.4 Å². The highest BCUT2D eigenvalue weighted by atomic mass is 16.6. The van der Waals surface area contributed by atoms with Crippen LogP contribution in [0, 0.1) is 0 Å². The minimum absolute atomic E-state index is 0.161. The van der Waals surface area contributed by atoms with Gasteiger partial charge in [-0.1, -0.05) is 0 Å². The van der Waals surface area contributed by atoms with Gasteiger partial charge in [0.15, 0.2) is 5.82 Å². The largest absolute Gasteiger partial charge is 0.378 e. The number of hydrogen-bond acceptors (Lipinski definition) is 6. The van der Waals surface area contributed by atoms with E-state index in [-0.39, 0.29) is 5.60 Å². The molecule has 1 unspecified atom stereocenters. The standard InChI is InChI=1S/C19H22N4O2/c1-2-15-16(3-1)21-17(14-4-7-20-8-5-14)22-18(15)23-9-11-25-19(12-23)6-10-24-13-19/h4-5,7-8H,1-3,6,9-13H2. The fraction of sp³-hybridized carbons (Fsp3) is 0.526.